The number of rotatable bonds is 2. The van der Waals surface area contributed by atoms with Crippen LogP contribution in [0, 0.1) is 17.1 Å². The fraction of sp³-hybridized carbons (Fsp3) is 0. The van der Waals surface area contributed by atoms with E-state index >= 15 is 0 Å². The average Bonchev–Trinajstić information content (AvgIpc) is 2.42. The first kappa shape index (κ1) is 11.8. The molecule has 0 aliphatic carbocycles. The molecule has 0 heterocycles. The van der Waals surface area contributed by atoms with Crippen molar-refractivity contribution in [3.63, 3.8) is 0 Å². The molecule has 0 saturated carbocycles. The Kier molecular flexibility index (Phi) is 3.35. The van der Waals surface area contributed by atoms with Crippen LogP contribution in [-0.2, 0) is 0 Å². The standard InChI is InChI=1S/C14H8FNO2/c15-12-8-10(9-16)6-7-13(12)18-14(17)11-4-2-1-3-5-11/h1-8H. The Morgan fingerprint density at radius 2 is 1.89 bits per heavy atom. The summed E-state index contributed by atoms with van der Waals surface area (Å²) >= 11 is 0. The first-order chi connectivity index (χ1) is 8.70. The molecule has 0 aliphatic heterocycles. The van der Waals surface area contributed by atoms with Gasteiger partial charge in [-0.15, -0.1) is 0 Å². The Morgan fingerprint density at radius 1 is 1.17 bits per heavy atom. The molecule has 0 unspecified atom stereocenters. The van der Waals surface area contributed by atoms with Crippen molar-refractivity contribution in [3.05, 3.63) is 65.5 Å². The minimum Gasteiger partial charge on any atom is -0.420 e. The lowest BCUT2D eigenvalue weighted by molar-refractivity contribution is 0.0728. The summed E-state index contributed by atoms with van der Waals surface area (Å²) in [5.41, 5.74) is 0.508. The summed E-state index contributed by atoms with van der Waals surface area (Å²) in [7, 11) is 0. The quantitative estimate of drug-likeness (QED) is 0.600. The molecule has 0 saturated heterocycles. The molecule has 0 fully saturated rings. The minimum absolute atomic E-state index is 0.173. The van der Waals surface area contributed by atoms with Gasteiger partial charge in [-0.25, -0.2) is 9.18 Å². The Bertz CT molecular complexity index is 617. The van der Waals surface area contributed by atoms with Crippen molar-refractivity contribution < 1.29 is 13.9 Å². The molecule has 0 atom stereocenters. The molecule has 0 aromatic heterocycles. The number of nitriles is 1. The maximum absolute atomic E-state index is 13.5. The highest BCUT2D eigenvalue weighted by molar-refractivity contribution is 5.90. The fourth-order valence-corrected chi connectivity index (χ4v) is 1.39. The number of hydrogen-bond donors (Lipinski definition) is 0. The van der Waals surface area contributed by atoms with E-state index < -0.39 is 11.8 Å². The summed E-state index contributed by atoms with van der Waals surface area (Å²) in [6, 6.07) is 13.7. The summed E-state index contributed by atoms with van der Waals surface area (Å²) in [6.07, 6.45) is 0. The van der Waals surface area contributed by atoms with Crippen molar-refractivity contribution in [2.75, 3.05) is 0 Å². The monoisotopic (exact) mass is 241 g/mol. The SMILES string of the molecule is N#Cc1ccc(OC(=O)c2ccccc2)c(F)c1. The topological polar surface area (TPSA) is 50.1 Å². The summed E-state index contributed by atoms with van der Waals surface area (Å²) in [4.78, 5) is 11.7. The first-order valence-corrected chi connectivity index (χ1v) is 5.17. The van der Waals surface area contributed by atoms with E-state index in [4.69, 9.17) is 10.00 Å². The zero-order valence-corrected chi connectivity index (χ0v) is 9.26. The van der Waals surface area contributed by atoms with E-state index in [-0.39, 0.29) is 11.3 Å². The Balaban J connectivity index is 2.20. The van der Waals surface area contributed by atoms with E-state index in [2.05, 4.69) is 0 Å². The third-order valence-electron chi connectivity index (χ3n) is 2.27. The van der Waals surface area contributed by atoms with Crippen LogP contribution in [-0.4, -0.2) is 5.97 Å². The number of ether oxygens (including phenoxy) is 1. The molecule has 0 amide bonds. The van der Waals surface area contributed by atoms with Gasteiger partial charge in [0.05, 0.1) is 17.2 Å². The maximum atomic E-state index is 13.5. The molecule has 0 aliphatic rings. The average molecular weight is 241 g/mol. The second-order valence-electron chi connectivity index (χ2n) is 3.51. The van der Waals surface area contributed by atoms with E-state index in [9.17, 15) is 9.18 Å². The van der Waals surface area contributed by atoms with Crippen LogP contribution < -0.4 is 4.74 Å². The number of carbonyl (C=O) groups is 1. The van der Waals surface area contributed by atoms with Gasteiger partial charge in [-0.3, -0.25) is 0 Å². The first-order valence-electron chi connectivity index (χ1n) is 5.17. The van der Waals surface area contributed by atoms with E-state index in [0.29, 0.717) is 5.56 Å². The highest BCUT2D eigenvalue weighted by Gasteiger charge is 2.11. The zero-order chi connectivity index (χ0) is 13.0. The Morgan fingerprint density at radius 3 is 2.50 bits per heavy atom. The number of carbonyl (C=O) groups excluding carboxylic acids is 1. The number of hydrogen-bond acceptors (Lipinski definition) is 3. The molecule has 0 radical (unpaired) electrons. The largest absolute Gasteiger partial charge is 0.420 e. The predicted molar refractivity (Wildman–Crippen MR) is 62.5 cm³/mol. The van der Waals surface area contributed by atoms with Crippen LogP contribution in [0.15, 0.2) is 48.5 Å². The summed E-state index contributed by atoms with van der Waals surface area (Å²) in [5.74, 6) is -1.57. The van der Waals surface area contributed by atoms with Gasteiger partial charge in [0.2, 0.25) is 0 Å². The van der Waals surface area contributed by atoms with Gasteiger partial charge in [0.1, 0.15) is 0 Å². The minimum atomic E-state index is -0.738. The van der Waals surface area contributed by atoms with Crippen LogP contribution in [0.2, 0.25) is 0 Å². The third-order valence-corrected chi connectivity index (χ3v) is 2.27. The van der Waals surface area contributed by atoms with Gasteiger partial charge in [0.25, 0.3) is 0 Å². The molecule has 0 bridgehead atoms. The zero-order valence-electron chi connectivity index (χ0n) is 9.26. The van der Waals surface area contributed by atoms with E-state index in [1.54, 1.807) is 36.4 Å². The van der Waals surface area contributed by atoms with Gasteiger partial charge in [0.15, 0.2) is 11.6 Å². The molecular formula is C14H8FNO2. The second-order valence-corrected chi connectivity index (χ2v) is 3.51. The van der Waals surface area contributed by atoms with Gasteiger partial charge in [0, 0.05) is 0 Å². The molecule has 2 aromatic rings. The lowest BCUT2D eigenvalue weighted by Crippen LogP contribution is -2.09. The molecule has 2 rings (SSSR count). The normalized spacial score (nSPS) is 9.56. The molecule has 0 N–H and O–H groups in total. The smallest absolute Gasteiger partial charge is 0.343 e. The van der Waals surface area contributed by atoms with Crippen LogP contribution in [0.25, 0.3) is 0 Å². The second kappa shape index (κ2) is 5.11. The highest BCUT2D eigenvalue weighted by Crippen LogP contribution is 2.19. The van der Waals surface area contributed by atoms with Crippen LogP contribution in [0.3, 0.4) is 0 Å². The number of halogens is 1. The summed E-state index contributed by atoms with van der Waals surface area (Å²) in [5, 5.41) is 8.59. The molecule has 4 heteroatoms. The van der Waals surface area contributed by atoms with Crippen molar-refractivity contribution >= 4 is 5.97 Å². The molecule has 18 heavy (non-hydrogen) atoms. The van der Waals surface area contributed by atoms with Crippen molar-refractivity contribution in [1.29, 1.82) is 5.26 Å². The third kappa shape index (κ3) is 2.53. The summed E-state index contributed by atoms with van der Waals surface area (Å²) in [6.45, 7) is 0. The van der Waals surface area contributed by atoms with Crippen molar-refractivity contribution in [1.82, 2.24) is 0 Å². The van der Waals surface area contributed by atoms with Crippen LogP contribution in [0.1, 0.15) is 15.9 Å². The summed E-state index contributed by atoms with van der Waals surface area (Å²) < 4.78 is 18.4. The van der Waals surface area contributed by atoms with Crippen molar-refractivity contribution in [3.8, 4) is 11.8 Å². The van der Waals surface area contributed by atoms with Crippen LogP contribution >= 0.6 is 0 Å². The lowest BCUT2D eigenvalue weighted by atomic mass is 10.2. The van der Waals surface area contributed by atoms with E-state index in [0.717, 1.165) is 6.07 Å². The fourth-order valence-electron chi connectivity index (χ4n) is 1.39. The number of nitrogens with zero attached hydrogens (tertiary/aromatic N) is 1. The van der Waals surface area contributed by atoms with E-state index in [1.807, 2.05) is 0 Å². The van der Waals surface area contributed by atoms with Crippen LogP contribution in [0.4, 0.5) is 4.39 Å². The van der Waals surface area contributed by atoms with Gasteiger partial charge >= 0.3 is 5.97 Å². The number of esters is 1. The highest BCUT2D eigenvalue weighted by atomic mass is 19.1. The molecule has 0 spiro atoms. The molecule has 88 valence electrons. The van der Waals surface area contributed by atoms with Gasteiger partial charge in [-0.2, -0.15) is 5.26 Å². The Labute approximate surface area is 103 Å². The van der Waals surface area contributed by atoms with Gasteiger partial charge in [-0.1, -0.05) is 18.2 Å². The lowest BCUT2D eigenvalue weighted by Gasteiger charge is -2.05. The maximum Gasteiger partial charge on any atom is 0.343 e. The van der Waals surface area contributed by atoms with Crippen molar-refractivity contribution in [2.24, 2.45) is 0 Å². The predicted octanol–water partition coefficient (Wildman–Crippen LogP) is 2.92. The van der Waals surface area contributed by atoms with Gasteiger partial charge < -0.3 is 4.74 Å². The van der Waals surface area contributed by atoms with Gasteiger partial charge in [-0.05, 0) is 30.3 Å². The van der Waals surface area contributed by atoms with Crippen molar-refractivity contribution in [2.45, 2.75) is 0 Å². The molecule has 2 aromatic carbocycles. The molecular weight excluding hydrogens is 233 g/mol. The number of benzene rings is 2. The Hall–Kier alpha value is -2.67. The van der Waals surface area contributed by atoms with E-state index in [1.165, 1.54) is 12.1 Å². The van der Waals surface area contributed by atoms with Crippen LogP contribution in [0.5, 0.6) is 5.75 Å². The molecule has 3 nitrogen and oxygen atoms in total.